The van der Waals surface area contributed by atoms with Crippen molar-refractivity contribution >= 4 is 11.9 Å². The van der Waals surface area contributed by atoms with E-state index in [1.807, 2.05) is 24.3 Å². The van der Waals surface area contributed by atoms with E-state index in [0.717, 1.165) is 17.5 Å². The van der Waals surface area contributed by atoms with Crippen LogP contribution >= 0.6 is 0 Å². The summed E-state index contributed by atoms with van der Waals surface area (Å²) in [6, 6.07) is 7.94. The first-order chi connectivity index (χ1) is 6.72. The maximum absolute atomic E-state index is 10.8. The molecule has 0 bridgehead atoms. The van der Waals surface area contributed by atoms with Crippen molar-refractivity contribution in [2.45, 2.75) is 19.8 Å². The van der Waals surface area contributed by atoms with E-state index >= 15 is 0 Å². The van der Waals surface area contributed by atoms with Crippen LogP contribution in [0.5, 0.6) is 0 Å². The lowest BCUT2D eigenvalue weighted by Gasteiger charge is -2.00. The summed E-state index contributed by atoms with van der Waals surface area (Å²) in [5.74, 6) is 0.219. The highest BCUT2D eigenvalue weighted by atomic mass is 16.1. The summed E-state index contributed by atoms with van der Waals surface area (Å²) in [5.41, 5.74) is 4.66. The fourth-order valence-electron chi connectivity index (χ4n) is 1.25. The number of benzene rings is 1. The summed E-state index contributed by atoms with van der Waals surface area (Å²) in [4.78, 5) is 10.8. The van der Waals surface area contributed by atoms with Crippen LogP contribution in [-0.2, 0) is 11.2 Å². The number of hydrogen-bond donors (Lipinski definition) is 0. The smallest absolute Gasteiger partial charge is 0.130 e. The van der Waals surface area contributed by atoms with Crippen molar-refractivity contribution in [2.24, 2.45) is 0 Å². The fourth-order valence-corrected chi connectivity index (χ4v) is 1.25. The van der Waals surface area contributed by atoms with Gasteiger partial charge in [-0.2, -0.15) is 0 Å². The Morgan fingerprint density at radius 1 is 1.57 bits per heavy atom. The van der Waals surface area contributed by atoms with Gasteiger partial charge in [-0.15, -0.1) is 5.73 Å². The highest BCUT2D eigenvalue weighted by Crippen LogP contribution is 2.08. The molecular weight excluding hydrogens is 172 g/mol. The molecule has 0 saturated heterocycles. The van der Waals surface area contributed by atoms with Crippen LogP contribution in [0.2, 0.25) is 0 Å². The molecule has 0 spiro atoms. The average molecular weight is 185 g/mol. The van der Waals surface area contributed by atoms with Gasteiger partial charge in [0.1, 0.15) is 5.78 Å². The molecule has 71 valence electrons. The Bertz CT molecular complexity index is 371. The van der Waals surface area contributed by atoms with Gasteiger partial charge in [-0.3, -0.25) is 0 Å². The molecule has 1 radical (unpaired) electrons. The molecule has 1 rings (SSSR count). The zero-order valence-electron chi connectivity index (χ0n) is 8.29. The lowest BCUT2D eigenvalue weighted by Crippen LogP contribution is -1.93. The molecule has 1 aromatic carbocycles. The van der Waals surface area contributed by atoms with Gasteiger partial charge in [0.15, 0.2) is 0 Å². The number of rotatable bonds is 4. The van der Waals surface area contributed by atoms with Crippen LogP contribution < -0.4 is 0 Å². The van der Waals surface area contributed by atoms with E-state index < -0.39 is 0 Å². The van der Waals surface area contributed by atoms with Gasteiger partial charge in [-0.05, 0) is 37.1 Å². The molecule has 0 unspecified atom stereocenters. The number of aryl methyl sites for hydroxylation is 1. The Morgan fingerprint density at radius 2 is 2.36 bits per heavy atom. The maximum atomic E-state index is 10.8. The van der Waals surface area contributed by atoms with Crippen LogP contribution in [-0.4, -0.2) is 5.78 Å². The summed E-state index contributed by atoms with van der Waals surface area (Å²) in [7, 11) is 0. The zero-order chi connectivity index (χ0) is 10.4. The van der Waals surface area contributed by atoms with Crippen molar-refractivity contribution < 1.29 is 4.79 Å². The highest BCUT2D eigenvalue weighted by molar-refractivity contribution is 5.75. The van der Waals surface area contributed by atoms with E-state index in [1.165, 1.54) is 0 Å². The van der Waals surface area contributed by atoms with Gasteiger partial charge >= 0.3 is 0 Å². The molecule has 0 fully saturated rings. The van der Waals surface area contributed by atoms with Crippen molar-refractivity contribution in [3.63, 3.8) is 0 Å². The number of hydrogen-bond acceptors (Lipinski definition) is 1. The minimum atomic E-state index is 0.219. The Hall–Kier alpha value is -1.59. The largest absolute Gasteiger partial charge is 0.300 e. The topological polar surface area (TPSA) is 17.1 Å². The molecule has 0 heterocycles. The van der Waals surface area contributed by atoms with E-state index in [1.54, 1.807) is 13.0 Å². The SMILES string of the molecule is [CH]=C=Cc1cccc(CCC(C)=O)c1. The van der Waals surface area contributed by atoms with Crippen LogP contribution in [0.1, 0.15) is 24.5 Å². The molecule has 0 aliphatic heterocycles. The molecule has 0 N–H and O–H groups in total. The van der Waals surface area contributed by atoms with Gasteiger partial charge < -0.3 is 4.79 Å². The maximum Gasteiger partial charge on any atom is 0.130 e. The molecule has 0 aliphatic carbocycles. The summed E-state index contributed by atoms with van der Waals surface area (Å²) >= 11 is 0. The first-order valence-corrected chi connectivity index (χ1v) is 4.60. The van der Waals surface area contributed by atoms with E-state index in [9.17, 15) is 4.79 Å². The predicted octanol–water partition coefficient (Wildman–Crippen LogP) is 2.81. The Morgan fingerprint density at radius 3 is 3.00 bits per heavy atom. The molecule has 1 aromatic rings. The third-order valence-corrected chi connectivity index (χ3v) is 1.97. The lowest BCUT2D eigenvalue weighted by atomic mass is 10.1. The molecule has 1 nitrogen and oxygen atoms in total. The highest BCUT2D eigenvalue weighted by Gasteiger charge is 1.96. The molecule has 0 atom stereocenters. The van der Waals surface area contributed by atoms with Crippen molar-refractivity contribution in [1.29, 1.82) is 0 Å². The van der Waals surface area contributed by atoms with E-state index in [-0.39, 0.29) is 5.78 Å². The first-order valence-electron chi connectivity index (χ1n) is 4.60. The standard InChI is InChI=1S/C13H13O/c1-3-5-12-6-4-7-13(10-12)9-8-11(2)14/h1,4-7,10H,8-9H2,2H3. The van der Waals surface area contributed by atoms with Crippen LogP contribution in [0.15, 0.2) is 30.0 Å². The van der Waals surface area contributed by atoms with Gasteiger partial charge in [0, 0.05) is 6.42 Å². The zero-order valence-corrected chi connectivity index (χ0v) is 8.29. The van der Waals surface area contributed by atoms with Crippen molar-refractivity contribution in [2.75, 3.05) is 0 Å². The van der Waals surface area contributed by atoms with Gasteiger partial charge in [0.05, 0.1) is 0 Å². The number of carbonyl (C=O) groups excluding carboxylic acids is 1. The predicted molar refractivity (Wildman–Crippen MR) is 57.7 cm³/mol. The van der Waals surface area contributed by atoms with Crippen molar-refractivity contribution in [3.05, 3.63) is 47.7 Å². The van der Waals surface area contributed by atoms with Gasteiger partial charge in [-0.1, -0.05) is 24.3 Å². The third-order valence-electron chi connectivity index (χ3n) is 1.97. The molecule has 1 heteroatoms. The van der Waals surface area contributed by atoms with E-state index in [0.29, 0.717) is 6.42 Å². The second-order valence-electron chi connectivity index (χ2n) is 3.26. The second-order valence-corrected chi connectivity index (χ2v) is 3.26. The van der Waals surface area contributed by atoms with E-state index in [4.69, 9.17) is 6.58 Å². The van der Waals surface area contributed by atoms with Gasteiger partial charge in [0.25, 0.3) is 0 Å². The molecular formula is C13H13O. The minimum Gasteiger partial charge on any atom is -0.300 e. The van der Waals surface area contributed by atoms with Crippen LogP contribution in [0.25, 0.3) is 6.08 Å². The third kappa shape index (κ3) is 3.42. The molecule has 0 amide bonds. The summed E-state index contributed by atoms with van der Waals surface area (Å²) in [5, 5.41) is 0. The Labute approximate surface area is 84.8 Å². The van der Waals surface area contributed by atoms with Gasteiger partial charge in [-0.25, -0.2) is 0 Å². The molecule has 0 aromatic heterocycles. The molecule has 0 aliphatic rings. The quantitative estimate of drug-likeness (QED) is 0.659. The summed E-state index contributed by atoms with van der Waals surface area (Å²) in [6.07, 6.45) is 3.11. The number of ketones is 1. The van der Waals surface area contributed by atoms with Crippen molar-refractivity contribution in [1.82, 2.24) is 0 Å². The van der Waals surface area contributed by atoms with Gasteiger partial charge in [0.2, 0.25) is 0 Å². The first kappa shape index (κ1) is 10.5. The van der Waals surface area contributed by atoms with E-state index in [2.05, 4.69) is 5.73 Å². The number of Topliss-reactive ketones (excluding diaryl/α,β-unsaturated/α-hetero) is 1. The summed E-state index contributed by atoms with van der Waals surface area (Å²) in [6.45, 7) is 6.78. The molecule has 0 saturated carbocycles. The fraction of sp³-hybridized carbons (Fsp3) is 0.231. The van der Waals surface area contributed by atoms with Crippen molar-refractivity contribution in [3.8, 4) is 0 Å². The van der Waals surface area contributed by atoms with Crippen LogP contribution in [0.4, 0.5) is 0 Å². The van der Waals surface area contributed by atoms with Crippen LogP contribution in [0, 0.1) is 6.58 Å². The number of carbonyl (C=O) groups is 1. The second kappa shape index (κ2) is 5.21. The molecule has 14 heavy (non-hydrogen) atoms. The minimum absolute atomic E-state index is 0.219. The Kier molecular flexibility index (Phi) is 3.90. The summed E-state index contributed by atoms with van der Waals surface area (Å²) < 4.78 is 0. The average Bonchev–Trinajstić information content (AvgIpc) is 2.16. The monoisotopic (exact) mass is 185 g/mol. The lowest BCUT2D eigenvalue weighted by molar-refractivity contribution is -0.116. The van der Waals surface area contributed by atoms with Crippen LogP contribution in [0.3, 0.4) is 0 Å². The normalized spacial score (nSPS) is 9.21. The Balaban J connectivity index is 2.73.